The highest BCUT2D eigenvalue weighted by atomic mass is 32.2. The normalized spacial score (nSPS) is 25.0. The predicted molar refractivity (Wildman–Crippen MR) is 105 cm³/mol. The number of thioether (sulfide) groups is 1. The highest BCUT2D eigenvalue weighted by Gasteiger charge is 2.64. The van der Waals surface area contributed by atoms with E-state index in [0.29, 0.717) is 4.68 Å². The quantitative estimate of drug-likeness (QED) is 0.253. The number of carbonyl (C=O) groups is 1. The third kappa shape index (κ3) is 4.31. The zero-order valence-electron chi connectivity index (χ0n) is 17.9. The number of halogens is 7. The fourth-order valence-electron chi connectivity index (χ4n) is 4.38. The molecular formula is C20H20F7N4O2S+. The number of alkyl halides is 7. The summed E-state index contributed by atoms with van der Waals surface area (Å²) in [5.74, 6) is -4.34. The van der Waals surface area contributed by atoms with Crippen molar-refractivity contribution in [3.8, 4) is 0 Å². The van der Waals surface area contributed by atoms with E-state index >= 15 is 0 Å². The third-order valence-electron chi connectivity index (χ3n) is 5.93. The van der Waals surface area contributed by atoms with Gasteiger partial charge in [-0.05, 0) is 11.7 Å². The van der Waals surface area contributed by atoms with Gasteiger partial charge in [0.05, 0.1) is 5.69 Å². The van der Waals surface area contributed by atoms with Crippen molar-refractivity contribution in [1.29, 1.82) is 0 Å². The Kier molecular flexibility index (Phi) is 5.61. The number of carbonyl (C=O) groups excluding carboxylic acids is 1. The summed E-state index contributed by atoms with van der Waals surface area (Å²) in [5.41, 5.74) is -8.31. The molecule has 2 unspecified atom stereocenters. The van der Waals surface area contributed by atoms with Crippen LogP contribution in [0, 0.1) is 5.41 Å². The molecule has 0 aliphatic heterocycles. The lowest BCUT2D eigenvalue weighted by molar-refractivity contribution is -0.932. The highest BCUT2D eigenvalue weighted by Crippen LogP contribution is 2.56. The smallest absolute Gasteiger partial charge is 0.320 e. The van der Waals surface area contributed by atoms with Crippen LogP contribution in [0.15, 0.2) is 23.4 Å². The van der Waals surface area contributed by atoms with Crippen LogP contribution in [0.4, 0.5) is 36.4 Å². The van der Waals surface area contributed by atoms with Gasteiger partial charge in [0.25, 0.3) is 10.9 Å². The van der Waals surface area contributed by atoms with Gasteiger partial charge in [-0.15, -0.1) is 0 Å². The molecule has 0 bridgehead atoms. The molecule has 6 nitrogen and oxygen atoms in total. The van der Waals surface area contributed by atoms with Gasteiger partial charge in [0.2, 0.25) is 12.1 Å². The van der Waals surface area contributed by atoms with Crippen LogP contribution in [0.25, 0.3) is 0 Å². The molecular weight excluding hydrogens is 493 g/mol. The van der Waals surface area contributed by atoms with Crippen LogP contribution in [0.2, 0.25) is 0 Å². The van der Waals surface area contributed by atoms with Crippen molar-refractivity contribution in [2.24, 2.45) is 5.41 Å². The first-order valence-electron chi connectivity index (χ1n) is 10.1. The molecule has 2 fully saturated rings. The van der Waals surface area contributed by atoms with E-state index in [1.54, 1.807) is 6.26 Å². The number of pyridine rings is 1. The third-order valence-corrected chi connectivity index (χ3v) is 6.65. The van der Waals surface area contributed by atoms with Gasteiger partial charge in [0.1, 0.15) is 23.1 Å². The van der Waals surface area contributed by atoms with Crippen molar-refractivity contribution < 1.29 is 45.5 Å². The number of amides is 1. The molecule has 2 heterocycles. The van der Waals surface area contributed by atoms with Gasteiger partial charge in [-0.25, -0.2) is 17.6 Å². The van der Waals surface area contributed by atoms with Crippen molar-refractivity contribution in [3.63, 3.8) is 0 Å². The summed E-state index contributed by atoms with van der Waals surface area (Å²) in [6, 6.07) is 2.48. The molecule has 2 saturated carbocycles. The standard InChI is InChI=1S/C20H19F7N4O2S/c1-17(7-18(22,23)8-17)9-30-14(16(32)28-10-3-4-31(33)12(5-10)34-2)13(20(25,26)27)15(29-30)19(24)6-11(19)21/h3-5,11,33H,6-9H2,1-2H3/p+1. The first-order chi connectivity index (χ1) is 15.6. The first kappa shape index (κ1) is 24.6. The van der Waals surface area contributed by atoms with Crippen molar-refractivity contribution in [2.75, 3.05) is 11.6 Å². The lowest BCUT2D eigenvalue weighted by atomic mass is 9.67. The Morgan fingerprint density at radius 1 is 1.35 bits per heavy atom. The average molecular weight is 513 g/mol. The van der Waals surface area contributed by atoms with Crippen LogP contribution in [0.1, 0.15) is 47.9 Å². The van der Waals surface area contributed by atoms with E-state index in [0.717, 1.165) is 22.7 Å². The number of hydrogen-bond donors (Lipinski definition) is 2. The van der Waals surface area contributed by atoms with Crippen molar-refractivity contribution in [3.05, 3.63) is 35.3 Å². The van der Waals surface area contributed by atoms with Crippen molar-refractivity contribution >= 4 is 23.4 Å². The van der Waals surface area contributed by atoms with Crippen LogP contribution < -0.4 is 10.0 Å². The summed E-state index contributed by atoms with van der Waals surface area (Å²) in [4.78, 5) is 13.0. The molecule has 2 N–H and O–H groups in total. The minimum absolute atomic E-state index is 0.00761. The Hall–Kier alpha value is -2.51. The molecule has 186 valence electrons. The van der Waals surface area contributed by atoms with E-state index in [2.05, 4.69) is 10.4 Å². The van der Waals surface area contributed by atoms with E-state index in [1.807, 2.05) is 0 Å². The molecule has 2 aliphatic carbocycles. The Balaban J connectivity index is 1.79. The Morgan fingerprint density at radius 2 is 1.97 bits per heavy atom. The molecule has 1 amide bonds. The lowest BCUT2D eigenvalue weighted by Gasteiger charge is -2.44. The molecule has 34 heavy (non-hydrogen) atoms. The summed E-state index contributed by atoms with van der Waals surface area (Å²) in [7, 11) is 0. The number of rotatable bonds is 6. The molecule has 2 aromatic heterocycles. The summed E-state index contributed by atoms with van der Waals surface area (Å²) in [6.45, 7) is 0.867. The molecule has 0 saturated heterocycles. The van der Waals surface area contributed by atoms with E-state index < -0.39 is 78.0 Å². The highest BCUT2D eigenvalue weighted by molar-refractivity contribution is 7.98. The minimum Gasteiger partial charge on any atom is -0.320 e. The summed E-state index contributed by atoms with van der Waals surface area (Å²) < 4.78 is 99.0. The van der Waals surface area contributed by atoms with Gasteiger partial charge in [-0.3, -0.25) is 14.7 Å². The largest absolute Gasteiger partial charge is 0.420 e. The zero-order chi connectivity index (χ0) is 25.3. The Morgan fingerprint density at radius 3 is 2.47 bits per heavy atom. The maximum absolute atomic E-state index is 14.9. The molecule has 2 aliphatic rings. The van der Waals surface area contributed by atoms with Crippen LogP contribution in [0.5, 0.6) is 0 Å². The van der Waals surface area contributed by atoms with Gasteiger partial charge in [0.15, 0.2) is 5.67 Å². The van der Waals surface area contributed by atoms with Gasteiger partial charge < -0.3 is 5.32 Å². The van der Waals surface area contributed by atoms with Gasteiger partial charge in [-0.2, -0.15) is 18.3 Å². The molecule has 14 heteroatoms. The zero-order valence-corrected chi connectivity index (χ0v) is 18.7. The van der Waals surface area contributed by atoms with E-state index in [-0.39, 0.29) is 10.7 Å². The minimum atomic E-state index is -5.28. The van der Waals surface area contributed by atoms with E-state index in [4.69, 9.17) is 0 Å². The SMILES string of the molecule is CSc1cc(NC(=O)c2c(C(F)(F)F)c(C3(F)CC3F)nn2CC2(C)CC(F)(F)C2)cc[n+]1O. The lowest BCUT2D eigenvalue weighted by Crippen LogP contribution is -2.47. The average Bonchev–Trinajstić information content (AvgIpc) is 3.11. The molecule has 0 spiro atoms. The second-order valence-corrected chi connectivity index (χ2v) is 9.86. The summed E-state index contributed by atoms with van der Waals surface area (Å²) in [6.07, 6.45) is -6.92. The van der Waals surface area contributed by atoms with Crippen molar-refractivity contribution in [2.45, 2.75) is 61.7 Å². The Labute approximate surface area is 193 Å². The van der Waals surface area contributed by atoms with Crippen LogP contribution in [0.3, 0.4) is 0 Å². The predicted octanol–water partition coefficient (Wildman–Crippen LogP) is 4.74. The van der Waals surface area contributed by atoms with Crippen LogP contribution in [-0.4, -0.2) is 39.2 Å². The van der Waals surface area contributed by atoms with E-state index in [1.165, 1.54) is 19.1 Å². The summed E-state index contributed by atoms with van der Waals surface area (Å²) >= 11 is 1.08. The number of anilines is 1. The maximum Gasteiger partial charge on any atom is 0.420 e. The topological polar surface area (TPSA) is 71.0 Å². The monoisotopic (exact) mass is 513 g/mol. The number of hydrogen-bond acceptors (Lipinski definition) is 4. The van der Waals surface area contributed by atoms with Crippen LogP contribution >= 0.6 is 11.8 Å². The first-order valence-corrected chi connectivity index (χ1v) is 11.3. The number of aromatic nitrogens is 3. The van der Waals surface area contributed by atoms with Crippen LogP contribution in [-0.2, 0) is 18.4 Å². The van der Waals surface area contributed by atoms with Gasteiger partial charge in [-0.1, -0.05) is 18.7 Å². The molecule has 2 atom stereocenters. The van der Waals surface area contributed by atoms with Gasteiger partial charge >= 0.3 is 6.18 Å². The fourth-order valence-corrected chi connectivity index (χ4v) is 4.87. The Bertz CT molecular complexity index is 1140. The number of nitrogens with one attached hydrogen (secondary N) is 1. The van der Waals surface area contributed by atoms with Gasteiger partial charge in [0, 0.05) is 42.7 Å². The maximum atomic E-state index is 14.9. The molecule has 0 radical (unpaired) electrons. The number of nitrogens with zero attached hydrogens (tertiary/aromatic N) is 3. The molecule has 4 rings (SSSR count). The molecule has 0 aromatic carbocycles. The van der Waals surface area contributed by atoms with Crippen molar-refractivity contribution in [1.82, 2.24) is 9.78 Å². The second-order valence-electron chi connectivity index (χ2n) is 9.04. The second kappa shape index (κ2) is 7.75. The summed E-state index contributed by atoms with van der Waals surface area (Å²) in [5, 5.41) is 15.8. The molecule has 2 aromatic rings. The fraction of sp³-hybridized carbons (Fsp3) is 0.550. The van der Waals surface area contributed by atoms with E-state index in [9.17, 15) is 40.7 Å².